The van der Waals surface area contributed by atoms with Gasteiger partial charge in [0.05, 0.1) is 5.69 Å². The van der Waals surface area contributed by atoms with E-state index in [0.717, 1.165) is 60.5 Å². The number of hydrogen-bond donors (Lipinski definition) is 0. The minimum absolute atomic E-state index is 0.0394. The Bertz CT molecular complexity index is 4560. The van der Waals surface area contributed by atoms with Gasteiger partial charge >= 0.3 is 0 Å². The van der Waals surface area contributed by atoms with Gasteiger partial charge in [-0.2, -0.15) is 0 Å². The summed E-state index contributed by atoms with van der Waals surface area (Å²) >= 11 is 0. The fourth-order valence-corrected chi connectivity index (χ4v) is 15.3. The van der Waals surface area contributed by atoms with Crippen LogP contribution in [0, 0.1) is 0 Å². The van der Waals surface area contributed by atoms with Gasteiger partial charge in [-0.3, -0.25) is 0 Å². The number of nitrogens with zero attached hydrogens (tertiary/aromatic N) is 5. The van der Waals surface area contributed by atoms with Crippen LogP contribution in [0.1, 0.15) is 61.1 Å². The molecule has 0 amide bonds. The summed E-state index contributed by atoms with van der Waals surface area (Å²) in [6.45, 7) is 9.00. The summed E-state index contributed by atoms with van der Waals surface area (Å²) in [5, 5.41) is 0. The fourth-order valence-electron chi connectivity index (χ4n) is 15.3. The highest BCUT2D eigenvalue weighted by Crippen LogP contribution is 2.51. The van der Waals surface area contributed by atoms with Gasteiger partial charge in [-0.15, -0.1) is 0 Å². The predicted molar refractivity (Wildman–Crippen MR) is 376 cm³/mol. The zero-order valence-electron chi connectivity index (χ0n) is 50.4. The molecular weight excluding hydrogens is 1060 g/mol. The largest absolute Gasteiger partial charge is 0.311 e. The summed E-state index contributed by atoms with van der Waals surface area (Å²) in [6.07, 6.45) is 4.39. The number of rotatable bonds is 13. The van der Waals surface area contributed by atoms with Gasteiger partial charge in [0.1, 0.15) is 0 Å². The average molecular weight is 1130 g/mol. The highest BCUT2D eigenvalue weighted by Gasteiger charge is 2.47. The number of benzene rings is 12. The molecule has 0 fully saturated rings. The summed E-state index contributed by atoms with van der Waals surface area (Å²) in [5.74, 6) is 0. The topological polar surface area (TPSA) is 16.2 Å². The average Bonchev–Trinajstić information content (AvgIpc) is 0.723. The molecule has 0 spiro atoms. The Morgan fingerprint density at radius 2 is 0.625 bits per heavy atom. The Balaban J connectivity index is 0.991. The molecule has 12 aromatic carbocycles. The third-order valence-electron chi connectivity index (χ3n) is 19.2. The Hall–Kier alpha value is -10.2. The molecule has 5 nitrogen and oxygen atoms in total. The minimum Gasteiger partial charge on any atom is -0.311 e. The lowest BCUT2D eigenvalue weighted by atomic mass is 9.29. The molecule has 0 aromatic heterocycles. The molecule has 0 N–H and O–H groups in total. The first-order valence-corrected chi connectivity index (χ1v) is 31.7. The van der Waals surface area contributed by atoms with Crippen molar-refractivity contribution in [3.8, 4) is 0 Å². The van der Waals surface area contributed by atoms with Crippen molar-refractivity contribution < 1.29 is 0 Å². The Kier molecular flexibility index (Phi) is 13.3. The molecule has 0 atom stereocenters. The summed E-state index contributed by atoms with van der Waals surface area (Å²) in [6, 6.07) is 103. The fraction of sp³-hybridized carbons (Fsp3) is 0.111. The summed E-state index contributed by atoms with van der Waals surface area (Å²) < 4.78 is 0. The van der Waals surface area contributed by atoms with Crippen molar-refractivity contribution in [1.29, 1.82) is 0 Å². The second-order valence-electron chi connectivity index (χ2n) is 23.8. The van der Waals surface area contributed by atoms with Gasteiger partial charge in [0, 0.05) is 79.6 Å². The number of anilines is 15. The molecule has 0 unspecified atom stereocenters. The first-order chi connectivity index (χ1) is 43.5. The van der Waals surface area contributed by atoms with E-state index >= 15 is 0 Å². The van der Waals surface area contributed by atoms with Crippen molar-refractivity contribution in [2.24, 2.45) is 0 Å². The quantitative estimate of drug-likeness (QED) is 0.107. The van der Waals surface area contributed by atoms with E-state index in [1.54, 1.807) is 0 Å². The van der Waals surface area contributed by atoms with E-state index in [0.29, 0.717) is 0 Å². The molecule has 88 heavy (non-hydrogen) atoms. The second kappa shape index (κ2) is 21.9. The molecule has 4 aliphatic heterocycles. The summed E-state index contributed by atoms with van der Waals surface area (Å²) in [7, 11) is 0. The molecule has 0 radical (unpaired) electrons. The standard InChI is InChI=1S/C81H67B2N5/c1-5-55-30-18-24-42-70(55)87(71-43-25-19-31-56(71)6-2)64-49-60-48-59-50-76-69(54-68(59)82-66-40-22-28-46-74(66)84(77(51-64)80(60)82)61-34-12-9-13-35-61)83-67-41-23-29-47-75(67)85(62-36-14-10-15-37-62)78-52-65(53-79(81(78)83)86(76)63-38-16-11-17-39-63)88(72-44-26-20-32-57(72)7-3)73-45-27-21-33-58(73)8-4/h9-47,49-54H,5-8,48H2,1-4H3. The van der Waals surface area contributed by atoms with E-state index in [4.69, 9.17) is 0 Å². The van der Waals surface area contributed by atoms with Gasteiger partial charge in [-0.1, -0.05) is 203 Å². The zero-order chi connectivity index (χ0) is 59.0. The van der Waals surface area contributed by atoms with Crippen LogP contribution >= 0.6 is 0 Å². The highest BCUT2D eigenvalue weighted by atomic mass is 15.2. The molecule has 4 aliphatic rings. The third-order valence-corrected chi connectivity index (χ3v) is 19.2. The van der Waals surface area contributed by atoms with Crippen molar-refractivity contribution in [3.63, 3.8) is 0 Å². The molecule has 4 heterocycles. The van der Waals surface area contributed by atoms with E-state index in [1.165, 1.54) is 123 Å². The van der Waals surface area contributed by atoms with Gasteiger partial charge in [0.25, 0.3) is 6.71 Å². The molecule has 0 saturated heterocycles. The van der Waals surface area contributed by atoms with Crippen LogP contribution in [-0.4, -0.2) is 13.4 Å². The van der Waals surface area contributed by atoms with Crippen molar-refractivity contribution in [2.45, 2.75) is 59.8 Å². The van der Waals surface area contributed by atoms with E-state index in [9.17, 15) is 0 Å². The maximum atomic E-state index is 2.67. The van der Waals surface area contributed by atoms with Crippen molar-refractivity contribution in [1.82, 2.24) is 0 Å². The van der Waals surface area contributed by atoms with Crippen LogP contribution in [0.25, 0.3) is 0 Å². The van der Waals surface area contributed by atoms with Crippen molar-refractivity contribution in [3.05, 3.63) is 306 Å². The molecular formula is C81H67B2N5. The van der Waals surface area contributed by atoms with Crippen LogP contribution in [0.3, 0.4) is 0 Å². The zero-order valence-corrected chi connectivity index (χ0v) is 50.4. The van der Waals surface area contributed by atoms with E-state index < -0.39 is 0 Å². The maximum absolute atomic E-state index is 2.67. The molecule has 7 heteroatoms. The van der Waals surface area contributed by atoms with Crippen LogP contribution in [0.15, 0.2) is 273 Å². The molecule has 0 saturated carbocycles. The number of para-hydroxylation sites is 9. The summed E-state index contributed by atoms with van der Waals surface area (Å²) in [5.41, 5.74) is 33.6. The Morgan fingerprint density at radius 1 is 0.284 bits per heavy atom. The lowest BCUT2D eigenvalue weighted by Gasteiger charge is -2.46. The predicted octanol–water partition coefficient (Wildman–Crippen LogP) is 17.2. The van der Waals surface area contributed by atoms with Crippen LogP contribution in [0.2, 0.25) is 0 Å². The molecule has 12 aromatic rings. The summed E-state index contributed by atoms with van der Waals surface area (Å²) in [4.78, 5) is 12.9. The van der Waals surface area contributed by atoms with Crippen molar-refractivity contribution in [2.75, 3.05) is 24.5 Å². The number of aryl methyl sites for hydroxylation is 4. The first kappa shape index (κ1) is 53.3. The van der Waals surface area contributed by atoms with Crippen LogP contribution in [-0.2, 0) is 32.1 Å². The lowest BCUT2D eigenvalue weighted by Crippen LogP contribution is -2.65. The first-order valence-electron chi connectivity index (χ1n) is 31.7. The van der Waals surface area contributed by atoms with Crippen LogP contribution < -0.4 is 57.3 Å². The van der Waals surface area contributed by atoms with Crippen molar-refractivity contribution >= 4 is 132 Å². The van der Waals surface area contributed by atoms with Crippen LogP contribution in [0.5, 0.6) is 0 Å². The maximum Gasteiger partial charge on any atom is 0.252 e. The highest BCUT2D eigenvalue weighted by molar-refractivity contribution is 7.02. The Morgan fingerprint density at radius 3 is 1.05 bits per heavy atom. The van der Waals surface area contributed by atoms with E-state index in [1.807, 2.05) is 0 Å². The minimum atomic E-state index is -0.0940. The SMILES string of the molecule is CCc1ccccc1N(c1cc2c3c(c1)N(c1ccccc1)c1ccccc1B3c1cc3c(cc1C2)N(c1ccccc1)c1cc(N(c2ccccc2CC)c2ccccc2CC)cc2c1B3c1ccccc1N2c1ccccc1)c1ccccc1CC. The van der Waals surface area contributed by atoms with Crippen LogP contribution in [0.4, 0.5) is 85.3 Å². The molecule has 0 bridgehead atoms. The lowest BCUT2D eigenvalue weighted by molar-refractivity contribution is 1.08. The van der Waals surface area contributed by atoms with Gasteiger partial charge in [0.2, 0.25) is 6.71 Å². The molecule has 422 valence electrons. The number of fused-ring (bicyclic) bond motifs is 8. The molecule has 0 aliphatic carbocycles. The number of hydrogen-bond acceptors (Lipinski definition) is 5. The van der Waals surface area contributed by atoms with Gasteiger partial charge in [-0.25, -0.2) is 0 Å². The van der Waals surface area contributed by atoms with Gasteiger partial charge in [-0.05, 0) is 196 Å². The monoisotopic (exact) mass is 1130 g/mol. The molecule has 16 rings (SSSR count). The smallest absolute Gasteiger partial charge is 0.252 e. The van der Waals surface area contributed by atoms with Gasteiger partial charge < -0.3 is 24.5 Å². The Labute approximate surface area is 519 Å². The third kappa shape index (κ3) is 8.46. The second-order valence-corrected chi connectivity index (χ2v) is 23.8. The van der Waals surface area contributed by atoms with E-state index in [-0.39, 0.29) is 13.4 Å². The van der Waals surface area contributed by atoms with E-state index in [2.05, 4.69) is 325 Å². The normalized spacial score (nSPS) is 13.0. The van der Waals surface area contributed by atoms with Gasteiger partial charge in [0.15, 0.2) is 0 Å².